The van der Waals surface area contributed by atoms with Crippen LogP contribution in [-0.4, -0.2) is 30.3 Å². The Hall–Kier alpha value is -1.16. The van der Waals surface area contributed by atoms with Gasteiger partial charge in [-0.15, -0.1) is 5.10 Å². The van der Waals surface area contributed by atoms with Crippen LogP contribution in [0.15, 0.2) is 12.1 Å². The maximum Gasteiger partial charge on any atom is 0.151 e. The van der Waals surface area contributed by atoms with E-state index < -0.39 is 0 Å². The Morgan fingerprint density at radius 3 is 2.53 bits per heavy atom. The van der Waals surface area contributed by atoms with Gasteiger partial charge in [0.05, 0.1) is 5.69 Å². The summed E-state index contributed by atoms with van der Waals surface area (Å²) in [5, 5.41) is 8.36. The van der Waals surface area contributed by atoms with Gasteiger partial charge in [-0.05, 0) is 24.5 Å². The highest BCUT2D eigenvalue weighted by Gasteiger charge is 2.03. The molecule has 0 aromatic carbocycles. The third kappa shape index (κ3) is 3.83. The summed E-state index contributed by atoms with van der Waals surface area (Å²) < 4.78 is 0. The topological polar surface area (TPSA) is 55.0 Å². The first kappa shape index (κ1) is 11.9. The number of rotatable bonds is 5. The van der Waals surface area contributed by atoms with Gasteiger partial charge >= 0.3 is 0 Å². The normalized spacial score (nSPS) is 10.7. The Kier molecular flexibility index (Phi) is 4.49. The van der Waals surface area contributed by atoms with E-state index in [1.165, 1.54) is 0 Å². The van der Waals surface area contributed by atoms with Crippen molar-refractivity contribution in [2.24, 2.45) is 11.7 Å². The van der Waals surface area contributed by atoms with Crippen LogP contribution in [0.4, 0.5) is 5.82 Å². The monoisotopic (exact) mass is 208 g/mol. The summed E-state index contributed by atoms with van der Waals surface area (Å²) in [5.74, 6) is 1.50. The van der Waals surface area contributed by atoms with E-state index in [-0.39, 0.29) is 0 Å². The summed E-state index contributed by atoms with van der Waals surface area (Å²) in [7, 11) is 1.97. The van der Waals surface area contributed by atoms with Crippen LogP contribution in [-0.2, 0) is 6.42 Å². The van der Waals surface area contributed by atoms with Crippen molar-refractivity contribution in [2.45, 2.75) is 20.3 Å². The summed E-state index contributed by atoms with van der Waals surface area (Å²) >= 11 is 0. The maximum atomic E-state index is 5.47. The van der Waals surface area contributed by atoms with Gasteiger partial charge in [-0.25, -0.2) is 0 Å². The van der Waals surface area contributed by atoms with Crippen molar-refractivity contribution in [1.82, 2.24) is 10.2 Å². The van der Waals surface area contributed by atoms with Gasteiger partial charge in [0.2, 0.25) is 0 Å². The molecule has 0 bridgehead atoms. The van der Waals surface area contributed by atoms with Gasteiger partial charge in [0, 0.05) is 20.1 Å². The lowest BCUT2D eigenvalue weighted by Crippen LogP contribution is -2.26. The highest BCUT2D eigenvalue weighted by molar-refractivity contribution is 5.35. The van der Waals surface area contributed by atoms with Gasteiger partial charge in [-0.2, -0.15) is 5.10 Å². The Balaban J connectivity index is 2.63. The van der Waals surface area contributed by atoms with Crippen LogP contribution in [0.1, 0.15) is 19.5 Å². The average molecular weight is 208 g/mol. The van der Waals surface area contributed by atoms with Crippen LogP contribution in [0.3, 0.4) is 0 Å². The minimum atomic E-state index is 0.618. The van der Waals surface area contributed by atoms with Crippen LogP contribution >= 0.6 is 0 Å². The van der Waals surface area contributed by atoms with Crippen molar-refractivity contribution < 1.29 is 0 Å². The summed E-state index contributed by atoms with van der Waals surface area (Å²) in [4.78, 5) is 2.01. The third-order valence-corrected chi connectivity index (χ3v) is 2.18. The molecule has 0 aliphatic carbocycles. The minimum absolute atomic E-state index is 0.618. The summed E-state index contributed by atoms with van der Waals surface area (Å²) in [6.07, 6.45) is 0.980. The number of aromatic nitrogens is 2. The predicted molar refractivity (Wildman–Crippen MR) is 62.9 cm³/mol. The van der Waals surface area contributed by atoms with Crippen LogP contribution in [0, 0.1) is 5.92 Å². The van der Waals surface area contributed by atoms with Crippen molar-refractivity contribution in [3.8, 4) is 0 Å². The molecule has 1 aromatic rings. The Bertz CT molecular complexity index is 281. The molecule has 1 heterocycles. The number of hydrogen-bond acceptors (Lipinski definition) is 4. The van der Waals surface area contributed by atoms with Gasteiger partial charge in [0.25, 0.3) is 0 Å². The van der Waals surface area contributed by atoms with Crippen molar-refractivity contribution >= 4 is 5.82 Å². The lowest BCUT2D eigenvalue weighted by atomic mass is 10.1. The summed E-state index contributed by atoms with van der Waals surface area (Å²) in [6.45, 7) is 5.79. The molecule has 0 radical (unpaired) electrons. The summed E-state index contributed by atoms with van der Waals surface area (Å²) in [5.41, 5.74) is 6.52. The molecule has 0 atom stereocenters. The lowest BCUT2D eigenvalue weighted by molar-refractivity contribution is 0.627. The highest BCUT2D eigenvalue weighted by atomic mass is 15.2. The number of nitrogens with two attached hydrogens (primary N) is 1. The molecule has 1 aromatic heterocycles. The fraction of sp³-hybridized carbons (Fsp3) is 0.636. The Labute approximate surface area is 91.5 Å². The fourth-order valence-corrected chi connectivity index (χ4v) is 1.39. The molecule has 0 saturated heterocycles. The average Bonchev–Trinajstić information content (AvgIpc) is 2.18. The van der Waals surface area contributed by atoms with Gasteiger partial charge in [-0.1, -0.05) is 13.8 Å². The molecule has 0 aliphatic heterocycles. The molecule has 0 aliphatic rings. The second-order valence-corrected chi connectivity index (χ2v) is 4.19. The van der Waals surface area contributed by atoms with E-state index in [1.807, 2.05) is 24.1 Å². The maximum absolute atomic E-state index is 5.47. The van der Waals surface area contributed by atoms with Gasteiger partial charge in [0.15, 0.2) is 5.82 Å². The third-order valence-electron chi connectivity index (χ3n) is 2.18. The van der Waals surface area contributed by atoms with E-state index in [9.17, 15) is 0 Å². The second kappa shape index (κ2) is 5.66. The molecule has 4 nitrogen and oxygen atoms in total. The van der Waals surface area contributed by atoms with E-state index in [4.69, 9.17) is 5.73 Å². The molecule has 15 heavy (non-hydrogen) atoms. The van der Waals surface area contributed by atoms with E-state index >= 15 is 0 Å². The molecule has 84 valence electrons. The highest BCUT2D eigenvalue weighted by Crippen LogP contribution is 2.09. The molecular weight excluding hydrogens is 188 g/mol. The second-order valence-electron chi connectivity index (χ2n) is 4.19. The van der Waals surface area contributed by atoms with E-state index in [2.05, 4.69) is 24.0 Å². The number of nitrogens with zero attached hydrogens (tertiary/aromatic N) is 3. The standard InChI is InChI=1S/C11H20N4/c1-9(2)8-10-4-5-11(14-13-10)15(3)7-6-12/h4-5,9H,6-8,12H2,1-3H3. The van der Waals surface area contributed by atoms with E-state index in [0.717, 1.165) is 24.5 Å². The van der Waals surface area contributed by atoms with Crippen LogP contribution < -0.4 is 10.6 Å². The Morgan fingerprint density at radius 1 is 1.33 bits per heavy atom. The minimum Gasteiger partial charge on any atom is -0.357 e. The number of anilines is 1. The molecule has 0 amide bonds. The number of hydrogen-bond donors (Lipinski definition) is 1. The fourth-order valence-electron chi connectivity index (χ4n) is 1.39. The van der Waals surface area contributed by atoms with Gasteiger partial charge < -0.3 is 10.6 Å². The predicted octanol–water partition coefficient (Wildman–Crippen LogP) is 1.07. The largest absolute Gasteiger partial charge is 0.357 e. The molecule has 2 N–H and O–H groups in total. The molecule has 1 rings (SSSR count). The van der Waals surface area contributed by atoms with E-state index in [0.29, 0.717) is 12.5 Å². The van der Waals surface area contributed by atoms with Crippen LogP contribution in [0.5, 0.6) is 0 Å². The zero-order valence-electron chi connectivity index (χ0n) is 9.77. The zero-order chi connectivity index (χ0) is 11.3. The molecule has 0 saturated carbocycles. The first-order chi connectivity index (χ1) is 7.13. The van der Waals surface area contributed by atoms with E-state index in [1.54, 1.807) is 0 Å². The molecule has 0 spiro atoms. The van der Waals surface area contributed by atoms with Crippen LogP contribution in [0.25, 0.3) is 0 Å². The summed E-state index contributed by atoms with van der Waals surface area (Å²) in [6, 6.07) is 4.04. The van der Waals surface area contributed by atoms with Crippen molar-refractivity contribution in [3.63, 3.8) is 0 Å². The molecule has 0 fully saturated rings. The zero-order valence-corrected chi connectivity index (χ0v) is 9.77. The first-order valence-corrected chi connectivity index (χ1v) is 5.37. The molecular formula is C11H20N4. The molecule has 0 unspecified atom stereocenters. The lowest BCUT2D eigenvalue weighted by Gasteiger charge is -2.16. The van der Waals surface area contributed by atoms with Crippen molar-refractivity contribution in [1.29, 1.82) is 0 Å². The van der Waals surface area contributed by atoms with Crippen molar-refractivity contribution in [2.75, 3.05) is 25.0 Å². The SMILES string of the molecule is CC(C)Cc1ccc(N(C)CCN)nn1. The van der Waals surface area contributed by atoms with Gasteiger partial charge in [-0.3, -0.25) is 0 Å². The Morgan fingerprint density at radius 2 is 2.07 bits per heavy atom. The molecule has 4 heteroatoms. The van der Waals surface area contributed by atoms with Crippen molar-refractivity contribution in [3.05, 3.63) is 17.8 Å². The van der Waals surface area contributed by atoms with Crippen LogP contribution in [0.2, 0.25) is 0 Å². The van der Waals surface area contributed by atoms with Gasteiger partial charge in [0.1, 0.15) is 0 Å². The first-order valence-electron chi connectivity index (χ1n) is 5.37. The number of likely N-dealkylation sites (N-methyl/N-ethyl adjacent to an activating group) is 1. The quantitative estimate of drug-likeness (QED) is 0.786. The smallest absolute Gasteiger partial charge is 0.151 e.